The summed E-state index contributed by atoms with van der Waals surface area (Å²) in [7, 11) is 1.59. The summed E-state index contributed by atoms with van der Waals surface area (Å²) < 4.78 is 13.5. The van der Waals surface area contributed by atoms with Gasteiger partial charge in [-0.05, 0) is 18.2 Å². The van der Waals surface area contributed by atoms with Crippen molar-refractivity contribution in [1.82, 2.24) is 15.1 Å². The van der Waals surface area contributed by atoms with Crippen LogP contribution in [0.3, 0.4) is 0 Å². The predicted octanol–water partition coefficient (Wildman–Crippen LogP) is 2.47. The maximum atomic E-state index is 13.5. The zero-order valence-electron chi connectivity index (χ0n) is 9.65. The first-order valence-corrected chi connectivity index (χ1v) is 5.64. The van der Waals surface area contributed by atoms with Crippen LogP contribution >= 0.6 is 11.6 Å². The summed E-state index contributed by atoms with van der Waals surface area (Å²) in [6.45, 7) is 0.348. The van der Waals surface area contributed by atoms with E-state index in [-0.39, 0.29) is 5.56 Å². The highest BCUT2D eigenvalue weighted by molar-refractivity contribution is 6.30. The molecule has 0 unspecified atom stereocenters. The molecule has 0 aliphatic rings. The lowest BCUT2D eigenvalue weighted by Gasteiger charge is -2.16. The summed E-state index contributed by atoms with van der Waals surface area (Å²) in [5.41, 5.74) is 0.807. The second kappa shape index (κ2) is 5.18. The molecule has 1 N–H and O–H groups in total. The number of carbonyl (C=O) groups excluding carboxylic acids is 1. The Kier molecular flexibility index (Phi) is 3.62. The third-order valence-electron chi connectivity index (χ3n) is 2.48. The number of hydrogen-bond acceptors (Lipinski definition) is 2. The summed E-state index contributed by atoms with van der Waals surface area (Å²) in [5.74, 6) is -1.00. The number of rotatable bonds is 3. The summed E-state index contributed by atoms with van der Waals surface area (Å²) in [6.07, 6.45) is 3.29. The lowest BCUT2D eigenvalue weighted by molar-refractivity contribution is 0.0780. The first-order chi connectivity index (χ1) is 8.58. The van der Waals surface area contributed by atoms with Crippen LogP contribution in [0.15, 0.2) is 30.6 Å². The van der Waals surface area contributed by atoms with Gasteiger partial charge in [0.15, 0.2) is 0 Å². The number of carbonyl (C=O) groups is 1. The van der Waals surface area contributed by atoms with Gasteiger partial charge in [0.25, 0.3) is 5.91 Å². The van der Waals surface area contributed by atoms with Gasteiger partial charge < -0.3 is 4.90 Å². The van der Waals surface area contributed by atoms with Gasteiger partial charge in [0, 0.05) is 30.4 Å². The molecule has 0 spiro atoms. The molecule has 0 saturated heterocycles. The van der Waals surface area contributed by atoms with Crippen molar-refractivity contribution in [3.63, 3.8) is 0 Å². The number of aromatic nitrogens is 2. The molecule has 0 aliphatic carbocycles. The van der Waals surface area contributed by atoms with Gasteiger partial charge >= 0.3 is 0 Å². The van der Waals surface area contributed by atoms with Crippen molar-refractivity contribution in [1.29, 1.82) is 0 Å². The number of halogens is 2. The Morgan fingerprint density at radius 1 is 1.56 bits per heavy atom. The fraction of sp³-hybridized carbons (Fsp3) is 0.167. The topological polar surface area (TPSA) is 49.0 Å². The van der Waals surface area contributed by atoms with Crippen LogP contribution in [0.4, 0.5) is 4.39 Å². The molecule has 94 valence electrons. The Bertz CT molecular complexity index is 556. The van der Waals surface area contributed by atoms with Crippen LogP contribution in [0.5, 0.6) is 0 Å². The highest BCUT2D eigenvalue weighted by atomic mass is 35.5. The monoisotopic (exact) mass is 267 g/mol. The van der Waals surface area contributed by atoms with E-state index in [9.17, 15) is 9.18 Å². The van der Waals surface area contributed by atoms with E-state index in [1.165, 1.54) is 23.1 Å². The molecule has 0 radical (unpaired) electrons. The number of aromatic amines is 1. The van der Waals surface area contributed by atoms with Gasteiger partial charge in [-0.1, -0.05) is 11.6 Å². The zero-order chi connectivity index (χ0) is 13.1. The Morgan fingerprint density at radius 3 is 3.00 bits per heavy atom. The fourth-order valence-corrected chi connectivity index (χ4v) is 1.75. The normalized spacial score (nSPS) is 10.4. The van der Waals surface area contributed by atoms with Crippen molar-refractivity contribution in [2.75, 3.05) is 7.05 Å². The molecule has 1 aromatic carbocycles. The first kappa shape index (κ1) is 12.6. The molecule has 2 rings (SSSR count). The van der Waals surface area contributed by atoms with Gasteiger partial charge in [-0.2, -0.15) is 5.10 Å². The zero-order valence-corrected chi connectivity index (χ0v) is 10.4. The van der Waals surface area contributed by atoms with Gasteiger partial charge in [0.1, 0.15) is 5.82 Å². The molecular weight excluding hydrogens is 257 g/mol. The average Bonchev–Trinajstić information content (AvgIpc) is 2.84. The van der Waals surface area contributed by atoms with Crippen molar-refractivity contribution in [2.45, 2.75) is 6.54 Å². The SMILES string of the molecule is CN(Cc1cn[nH]c1)C(=O)c1cc(Cl)ccc1F. The Labute approximate surface area is 108 Å². The number of nitrogens with one attached hydrogen (secondary N) is 1. The van der Waals surface area contributed by atoms with Gasteiger partial charge in [-0.15, -0.1) is 0 Å². The first-order valence-electron chi connectivity index (χ1n) is 5.26. The molecule has 1 aromatic heterocycles. The van der Waals surface area contributed by atoms with Gasteiger partial charge in [-0.3, -0.25) is 9.89 Å². The van der Waals surface area contributed by atoms with Crippen LogP contribution in [0.25, 0.3) is 0 Å². The summed E-state index contributed by atoms with van der Waals surface area (Å²) in [4.78, 5) is 13.4. The molecule has 1 heterocycles. The van der Waals surface area contributed by atoms with E-state index in [2.05, 4.69) is 10.2 Å². The molecule has 4 nitrogen and oxygen atoms in total. The number of nitrogens with zero attached hydrogens (tertiary/aromatic N) is 2. The number of hydrogen-bond donors (Lipinski definition) is 1. The third kappa shape index (κ3) is 2.68. The minimum absolute atomic E-state index is 0.0338. The van der Waals surface area contributed by atoms with Gasteiger partial charge in [0.05, 0.1) is 11.8 Å². The molecule has 2 aromatic rings. The largest absolute Gasteiger partial charge is 0.337 e. The van der Waals surface area contributed by atoms with E-state index in [4.69, 9.17) is 11.6 Å². The van der Waals surface area contributed by atoms with E-state index in [1.54, 1.807) is 19.4 Å². The van der Waals surface area contributed by atoms with E-state index < -0.39 is 11.7 Å². The van der Waals surface area contributed by atoms with E-state index in [1.807, 2.05) is 0 Å². The smallest absolute Gasteiger partial charge is 0.256 e. The lowest BCUT2D eigenvalue weighted by Crippen LogP contribution is -2.26. The van der Waals surface area contributed by atoms with Crippen LogP contribution in [0.2, 0.25) is 5.02 Å². The second-order valence-corrected chi connectivity index (χ2v) is 4.33. The highest BCUT2D eigenvalue weighted by Gasteiger charge is 2.17. The van der Waals surface area contributed by atoms with Crippen LogP contribution in [-0.2, 0) is 6.54 Å². The van der Waals surface area contributed by atoms with Crippen molar-refractivity contribution < 1.29 is 9.18 Å². The van der Waals surface area contributed by atoms with Crippen molar-refractivity contribution >= 4 is 17.5 Å². The molecule has 1 amide bonds. The van der Waals surface area contributed by atoms with Crippen LogP contribution < -0.4 is 0 Å². The maximum Gasteiger partial charge on any atom is 0.256 e. The lowest BCUT2D eigenvalue weighted by atomic mass is 10.2. The molecule has 0 bridgehead atoms. The Morgan fingerprint density at radius 2 is 2.33 bits per heavy atom. The number of H-pyrrole nitrogens is 1. The third-order valence-corrected chi connectivity index (χ3v) is 2.72. The fourth-order valence-electron chi connectivity index (χ4n) is 1.58. The summed E-state index contributed by atoms with van der Waals surface area (Å²) in [6, 6.07) is 3.91. The Hall–Kier alpha value is -1.88. The minimum Gasteiger partial charge on any atom is -0.337 e. The minimum atomic E-state index is -0.580. The second-order valence-electron chi connectivity index (χ2n) is 3.89. The molecular formula is C12H11ClFN3O. The predicted molar refractivity (Wildman–Crippen MR) is 65.8 cm³/mol. The molecule has 6 heteroatoms. The van der Waals surface area contributed by atoms with Gasteiger partial charge in [-0.25, -0.2) is 4.39 Å². The van der Waals surface area contributed by atoms with E-state index in [0.717, 1.165) is 5.56 Å². The van der Waals surface area contributed by atoms with Crippen molar-refractivity contribution in [2.24, 2.45) is 0 Å². The highest BCUT2D eigenvalue weighted by Crippen LogP contribution is 2.17. The number of amides is 1. The Balaban J connectivity index is 2.17. The summed E-state index contributed by atoms with van der Waals surface area (Å²) >= 11 is 5.76. The number of benzene rings is 1. The standard InChI is InChI=1S/C12H11ClFN3O/c1-17(7-8-5-15-16-6-8)12(18)10-4-9(13)2-3-11(10)14/h2-6H,7H2,1H3,(H,15,16). The molecule has 0 aliphatic heterocycles. The molecule has 0 saturated carbocycles. The molecule has 0 atom stereocenters. The quantitative estimate of drug-likeness (QED) is 0.929. The van der Waals surface area contributed by atoms with Crippen LogP contribution in [0.1, 0.15) is 15.9 Å². The van der Waals surface area contributed by atoms with E-state index in [0.29, 0.717) is 11.6 Å². The van der Waals surface area contributed by atoms with Gasteiger partial charge in [0.2, 0.25) is 0 Å². The molecule has 18 heavy (non-hydrogen) atoms. The summed E-state index contributed by atoms with van der Waals surface area (Å²) in [5, 5.41) is 6.76. The van der Waals surface area contributed by atoms with Crippen molar-refractivity contribution in [3.8, 4) is 0 Å². The van der Waals surface area contributed by atoms with Crippen LogP contribution in [0, 0.1) is 5.82 Å². The van der Waals surface area contributed by atoms with Crippen LogP contribution in [-0.4, -0.2) is 28.1 Å². The van der Waals surface area contributed by atoms with E-state index >= 15 is 0 Å². The maximum absolute atomic E-state index is 13.5. The molecule has 0 fully saturated rings. The van der Waals surface area contributed by atoms with Crippen molar-refractivity contribution in [3.05, 3.63) is 52.6 Å². The average molecular weight is 268 g/mol.